The third-order valence-electron chi connectivity index (χ3n) is 4.55. The van der Waals surface area contributed by atoms with E-state index >= 15 is 0 Å². The lowest BCUT2D eigenvalue weighted by molar-refractivity contribution is 0.222. The van der Waals surface area contributed by atoms with Crippen LogP contribution in [0.1, 0.15) is 18.5 Å². The average Bonchev–Trinajstić information content (AvgIpc) is 3.34. The quantitative estimate of drug-likeness (QED) is 0.684. The van der Waals surface area contributed by atoms with Crippen LogP contribution < -0.4 is 0 Å². The summed E-state index contributed by atoms with van der Waals surface area (Å²) in [6, 6.07) is 5.94. The van der Waals surface area contributed by atoms with Gasteiger partial charge in [0.05, 0.1) is 34.0 Å². The molecule has 3 heterocycles. The van der Waals surface area contributed by atoms with Gasteiger partial charge in [-0.25, -0.2) is 9.67 Å². The van der Waals surface area contributed by atoms with Crippen LogP contribution in [0.3, 0.4) is 0 Å². The summed E-state index contributed by atoms with van der Waals surface area (Å²) < 4.78 is 3.87. The van der Waals surface area contributed by atoms with Crippen LogP contribution in [-0.2, 0) is 13.1 Å². The van der Waals surface area contributed by atoms with E-state index in [1.807, 2.05) is 31.0 Å². The topological polar surface area (TPSA) is 51.8 Å². The monoisotopic (exact) mass is 376 g/mol. The van der Waals surface area contributed by atoms with E-state index in [1.165, 1.54) is 12.8 Å². The molecule has 0 spiro atoms. The molecule has 0 aliphatic carbocycles. The Morgan fingerprint density at radius 1 is 1.20 bits per heavy atom. The van der Waals surface area contributed by atoms with E-state index in [9.17, 15) is 0 Å². The first kappa shape index (κ1) is 16.6. The fourth-order valence-corrected chi connectivity index (χ4v) is 3.57. The van der Waals surface area contributed by atoms with Crippen molar-refractivity contribution in [2.75, 3.05) is 6.54 Å². The Morgan fingerprint density at radius 2 is 2.12 bits per heavy atom. The Balaban J connectivity index is 1.46. The Hall–Kier alpha value is -1.89. The molecule has 1 saturated heterocycles. The first-order valence-electron chi connectivity index (χ1n) is 8.25. The molecule has 1 aliphatic heterocycles. The van der Waals surface area contributed by atoms with Crippen molar-refractivity contribution in [1.29, 1.82) is 0 Å². The van der Waals surface area contributed by atoms with Gasteiger partial charge in [0.1, 0.15) is 0 Å². The van der Waals surface area contributed by atoms with Gasteiger partial charge in [-0.15, -0.1) is 5.10 Å². The maximum atomic E-state index is 6.09. The second-order valence-electron chi connectivity index (χ2n) is 6.28. The Labute approximate surface area is 156 Å². The number of nitrogens with zero attached hydrogens (tertiary/aromatic N) is 6. The lowest BCUT2D eigenvalue weighted by Crippen LogP contribution is -2.32. The van der Waals surface area contributed by atoms with Crippen molar-refractivity contribution in [2.24, 2.45) is 0 Å². The Morgan fingerprint density at radius 3 is 2.92 bits per heavy atom. The number of rotatable bonds is 5. The number of hydrogen-bond donors (Lipinski definition) is 0. The molecule has 8 heteroatoms. The van der Waals surface area contributed by atoms with E-state index in [0.717, 1.165) is 31.0 Å². The molecule has 2 aromatic heterocycles. The molecule has 1 atom stereocenters. The third-order valence-corrected chi connectivity index (χ3v) is 5.29. The Bertz CT molecular complexity index is 845. The smallest absolute Gasteiger partial charge is 0.0971 e. The Kier molecular flexibility index (Phi) is 4.74. The summed E-state index contributed by atoms with van der Waals surface area (Å²) in [5.41, 5.74) is 1.80. The first-order valence-corrected chi connectivity index (χ1v) is 9.01. The molecule has 1 fully saturated rings. The van der Waals surface area contributed by atoms with Gasteiger partial charge in [-0.2, -0.15) is 0 Å². The van der Waals surface area contributed by atoms with Gasteiger partial charge in [0.2, 0.25) is 0 Å². The summed E-state index contributed by atoms with van der Waals surface area (Å²) in [7, 11) is 0. The predicted octanol–water partition coefficient (Wildman–Crippen LogP) is 3.44. The molecule has 0 radical (unpaired) electrons. The van der Waals surface area contributed by atoms with E-state index < -0.39 is 0 Å². The highest BCUT2D eigenvalue weighted by molar-refractivity contribution is 6.42. The molecule has 0 amide bonds. The predicted molar refractivity (Wildman–Crippen MR) is 97.0 cm³/mol. The summed E-state index contributed by atoms with van der Waals surface area (Å²) in [5.74, 6) is 0. The molecule has 1 aromatic carbocycles. The highest BCUT2D eigenvalue weighted by Crippen LogP contribution is 2.25. The van der Waals surface area contributed by atoms with Crippen molar-refractivity contribution in [2.45, 2.75) is 32.0 Å². The zero-order valence-corrected chi connectivity index (χ0v) is 15.1. The van der Waals surface area contributed by atoms with Gasteiger partial charge in [-0.3, -0.25) is 4.90 Å². The van der Waals surface area contributed by atoms with Crippen molar-refractivity contribution < 1.29 is 0 Å². The van der Waals surface area contributed by atoms with Gasteiger partial charge in [0.25, 0.3) is 0 Å². The lowest BCUT2D eigenvalue weighted by atomic mass is 10.2. The molecule has 0 bridgehead atoms. The van der Waals surface area contributed by atoms with E-state index in [4.69, 9.17) is 23.2 Å². The van der Waals surface area contributed by atoms with Crippen LogP contribution in [0.2, 0.25) is 10.0 Å². The minimum Gasteiger partial charge on any atom is -0.336 e. The van der Waals surface area contributed by atoms with E-state index in [0.29, 0.717) is 16.1 Å². The first-order chi connectivity index (χ1) is 12.2. The molecular formula is C17H18Cl2N6. The molecule has 1 aliphatic rings. The summed E-state index contributed by atoms with van der Waals surface area (Å²) in [5, 5.41) is 9.58. The van der Waals surface area contributed by atoms with Crippen molar-refractivity contribution >= 4 is 23.2 Å². The van der Waals surface area contributed by atoms with Gasteiger partial charge in [-0.05, 0) is 37.6 Å². The number of benzene rings is 1. The van der Waals surface area contributed by atoms with E-state index in [-0.39, 0.29) is 0 Å². The zero-order chi connectivity index (χ0) is 17.2. The number of aromatic nitrogens is 5. The normalized spacial score (nSPS) is 18.1. The zero-order valence-electron chi connectivity index (χ0n) is 13.6. The van der Waals surface area contributed by atoms with Crippen LogP contribution in [0.5, 0.6) is 0 Å². The highest BCUT2D eigenvalue weighted by atomic mass is 35.5. The van der Waals surface area contributed by atoms with Crippen LogP contribution in [0.15, 0.2) is 43.1 Å². The molecule has 6 nitrogen and oxygen atoms in total. The molecule has 25 heavy (non-hydrogen) atoms. The lowest BCUT2D eigenvalue weighted by Gasteiger charge is -2.23. The van der Waals surface area contributed by atoms with Crippen LogP contribution in [-0.4, -0.2) is 42.0 Å². The van der Waals surface area contributed by atoms with Gasteiger partial charge in [0.15, 0.2) is 0 Å². The standard InChI is InChI=1S/C17H18Cl2N6/c18-16-4-3-14(8-17(16)19)25-10-13(21-22-25)9-24-6-1-2-15(24)11-23-7-5-20-12-23/h3-5,7-8,10,12,15H,1-2,6,9,11H2/t15-/m1/s1. The highest BCUT2D eigenvalue weighted by Gasteiger charge is 2.25. The van der Waals surface area contributed by atoms with Crippen molar-refractivity contribution in [3.63, 3.8) is 0 Å². The van der Waals surface area contributed by atoms with Gasteiger partial charge in [-0.1, -0.05) is 28.4 Å². The molecule has 4 rings (SSSR count). The van der Waals surface area contributed by atoms with Crippen LogP contribution >= 0.6 is 23.2 Å². The minimum atomic E-state index is 0.504. The fraction of sp³-hybridized carbons (Fsp3) is 0.353. The molecule has 0 saturated carbocycles. The third kappa shape index (κ3) is 3.71. The molecule has 130 valence electrons. The van der Waals surface area contributed by atoms with Crippen molar-refractivity contribution in [3.05, 3.63) is 58.9 Å². The van der Waals surface area contributed by atoms with Crippen molar-refractivity contribution in [1.82, 2.24) is 29.4 Å². The molecule has 0 N–H and O–H groups in total. The minimum absolute atomic E-state index is 0.504. The van der Waals surface area contributed by atoms with Crippen molar-refractivity contribution in [3.8, 4) is 5.69 Å². The maximum absolute atomic E-state index is 6.09. The summed E-state index contributed by atoms with van der Waals surface area (Å²) in [6.07, 6.45) is 10.1. The van der Waals surface area contributed by atoms with Crippen LogP contribution in [0, 0.1) is 0 Å². The number of imidazole rings is 1. The van der Waals surface area contributed by atoms with Crippen LogP contribution in [0.25, 0.3) is 5.69 Å². The maximum Gasteiger partial charge on any atom is 0.0971 e. The van der Waals surface area contributed by atoms with Gasteiger partial charge >= 0.3 is 0 Å². The second-order valence-corrected chi connectivity index (χ2v) is 7.09. The van der Waals surface area contributed by atoms with Crippen LogP contribution in [0.4, 0.5) is 0 Å². The SMILES string of the molecule is Clc1ccc(-n2cc(CN3CCC[C@@H]3Cn3ccnc3)nn2)cc1Cl. The summed E-state index contributed by atoms with van der Waals surface area (Å²) >= 11 is 12.1. The summed E-state index contributed by atoms with van der Waals surface area (Å²) in [6.45, 7) is 2.83. The summed E-state index contributed by atoms with van der Waals surface area (Å²) in [4.78, 5) is 6.58. The molecule has 0 unspecified atom stereocenters. The van der Waals surface area contributed by atoms with Gasteiger partial charge < -0.3 is 4.57 Å². The molecule has 3 aromatic rings. The number of hydrogen-bond acceptors (Lipinski definition) is 4. The molecular weight excluding hydrogens is 359 g/mol. The fourth-order valence-electron chi connectivity index (χ4n) is 3.28. The number of halogens is 2. The number of likely N-dealkylation sites (tertiary alicyclic amines) is 1. The largest absolute Gasteiger partial charge is 0.336 e. The van der Waals surface area contributed by atoms with Gasteiger partial charge in [0, 0.05) is 31.5 Å². The average molecular weight is 377 g/mol. The van der Waals surface area contributed by atoms with E-state index in [1.54, 1.807) is 16.8 Å². The second kappa shape index (κ2) is 7.15. The van der Waals surface area contributed by atoms with E-state index in [2.05, 4.69) is 24.8 Å².